The molecule has 1 aromatic rings. The van der Waals surface area contributed by atoms with Crippen molar-refractivity contribution in [1.82, 2.24) is 0 Å². The van der Waals surface area contributed by atoms with Crippen LogP contribution in [0.1, 0.15) is 5.56 Å². The molecule has 0 fully saturated rings. The smallest absolute Gasteiger partial charge is 0.245 e. The van der Waals surface area contributed by atoms with Gasteiger partial charge in [0.1, 0.15) is 5.82 Å². The summed E-state index contributed by atoms with van der Waals surface area (Å²) in [5.41, 5.74) is 0.353. The lowest BCUT2D eigenvalue weighted by atomic mass is 10.2. The van der Waals surface area contributed by atoms with Crippen LogP contribution in [0.15, 0.2) is 30.3 Å². The summed E-state index contributed by atoms with van der Waals surface area (Å²) in [6.45, 7) is 0. The standard InChI is InChI=1S/C9H6ClFO/c10-9(12)6-5-7-3-1-2-4-8(7)11/h1-6H. The summed E-state index contributed by atoms with van der Waals surface area (Å²) in [6.07, 6.45) is 2.45. The van der Waals surface area contributed by atoms with Gasteiger partial charge in [0.2, 0.25) is 5.24 Å². The van der Waals surface area contributed by atoms with Crippen LogP contribution in [0.3, 0.4) is 0 Å². The Bertz CT molecular complexity index is 320. The van der Waals surface area contributed by atoms with Gasteiger partial charge in [0.25, 0.3) is 0 Å². The number of hydrogen-bond donors (Lipinski definition) is 0. The zero-order chi connectivity index (χ0) is 8.97. The van der Waals surface area contributed by atoms with Crippen molar-refractivity contribution in [2.45, 2.75) is 0 Å². The third-order valence-corrected chi connectivity index (χ3v) is 1.43. The number of rotatable bonds is 2. The van der Waals surface area contributed by atoms with Crippen molar-refractivity contribution in [3.8, 4) is 0 Å². The number of benzene rings is 1. The van der Waals surface area contributed by atoms with Gasteiger partial charge in [-0.05, 0) is 29.8 Å². The van der Waals surface area contributed by atoms with E-state index in [1.54, 1.807) is 18.2 Å². The monoisotopic (exact) mass is 184 g/mol. The molecule has 1 nitrogen and oxygen atoms in total. The maximum Gasteiger partial charge on any atom is 0.245 e. The van der Waals surface area contributed by atoms with Crippen molar-refractivity contribution in [1.29, 1.82) is 0 Å². The van der Waals surface area contributed by atoms with E-state index < -0.39 is 5.24 Å². The van der Waals surface area contributed by atoms with Crippen molar-refractivity contribution in [2.75, 3.05) is 0 Å². The molecule has 62 valence electrons. The first-order chi connectivity index (χ1) is 5.70. The highest BCUT2D eigenvalue weighted by Crippen LogP contribution is 2.08. The van der Waals surface area contributed by atoms with Gasteiger partial charge in [-0.25, -0.2) is 4.39 Å². The van der Waals surface area contributed by atoms with E-state index in [1.807, 2.05) is 0 Å². The van der Waals surface area contributed by atoms with Crippen LogP contribution in [0, 0.1) is 5.82 Å². The van der Waals surface area contributed by atoms with Crippen molar-refractivity contribution in [3.05, 3.63) is 41.7 Å². The first-order valence-electron chi connectivity index (χ1n) is 3.32. The average molecular weight is 185 g/mol. The molecule has 0 saturated carbocycles. The van der Waals surface area contributed by atoms with E-state index >= 15 is 0 Å². The normalized spacial score (nSPS) is 10.5. The molecule has 0 atom stereocenters. The van der Waals surface area contributed by atoms with Crippen LogP contribution in [0.4, 0.5) is 4.39 Å². The number of carbonyl (C=O) groups excluding carboxylic acids is 1. The zero-order valence-electron chi connectivity index (χ0n) is 6.13. The summed E-state index contributed by atoms with van der Waals surface area (Å²) in [5, 5.41) is -0.613. The summed E-state index contributed by atoms with van der Waals surface area (Å²) < 4.78 is 12.8. The molecule has 12 heavy (non-hydrogen) atoms. The second kappa shape index (κ2) is 4.02. The topological polar surface area (TPSA) is 17.1 Å². The second-order valence-corrected chi connectivity index (χ2v) is 2.53. The lowest BCUT2D eigenvalue weighted by Crippen LogP contribution is -1.81. The van der Waals surface area contributed by atoms with Crippen LogP contribution in [-0.4, -0.2) is 5.24 Å². The fourth-order valence-electron chi connectivity index (χ4n) is 0.766. The van der Waals surface area contributed by atoms with Gasteiger partial charge in [0.15, 0.2) is 0 Å². The molecule has 0 radical (unpaired) electrons. The summed E-state index contributed by atoms with van der Waals surface area (Å²) in [7, 11) is 0. The third kappa shape index (κ3) is 2.47. The summed E-state index contributed by atoms with van der Waals surface area (Å²) >= 11 is 5.03. The van der Waals surface area contributed by atoms with Crippen LogP contribution in [0.2, 0.25) is 0 Å². The average Bonchev–Trinajstić information content (AvgIpc) is 2.03. The molecule has 0 heterocycles. The van der Waals surface area contributed by atoms with Crippen LogP contribution < -0.4 is 0 Å². The minimum absolute atomic E-state index is 0.353. The lowest BCUT2D eigenvalue weighted by Gasteiger charge is -1.92. The molecule has 0 aliphatic carbocycles. The minimum atomic E-state index is -0.613. The van der Waals surface area contributed by atoms with Crippen LogP contribution in [0.25, 0.3) is 6.08 Å². The van der Waals surface area contributed by atoms with E-state index in [4.69, 9.17) is 11.6 Å². The van der Waals surface area contributed by atoms with Crippen molar-refractivity contribution in [3.63, 3.8) is 0 Å². The number of hydrogen-bond acceptors (Lipinski definition) is 1. The molecule has 0 N–H and O–H groups in total. The molecule has 0 amide bonds. The van der Waals surface area contributed by atoms with Gasteiger partial charge in [-0.3, -0.25) is 4.79 Å². The summed E-state index contributed by atoms with van der Waals surface area (Å²) in [5.74, 6) is -0.369. The first-order valence-corrected chi connectivity index (χ1v) is 3.70. The van der Waals surface area contributed by atoms with E-state index in [2.05, 4.69) is 0 Å². The predicted octanol–water partition coefficient (Wildman–Crippen LogP) is 2.60. The van der Waals surface area contributed by atoms with Gasteiger partial charge in [0, 0.05) is 5.56 Å². The molecular formula is C9H6ClFO. The Balaban J connectivity index is 2.89. The van der Waals surface area contributed by atoms with Crippen LogP contribution in [0.5, 0.6) is 0 Å². The fraction of sp³-hybridized carbons (Fsp3) is 0. The maximum absolute atomic E-state index is 12.8. The Morgan fingerprint density at radius 3 is 2.67 bits per heavy atom. The van der Waals surface area contributed by atoms with Gasteiger partial charge in [-0.15, -0.1) is 0 Å². The molecule has 1 aromatic carbocycles. The molecule has 3 heteroatoms. The Morgan fingerprint density at radius 2 is 2.08 bits per heavy atom. The molecular weight excluding hydrogens is 179 g/mol. The molecule has 0 spiro atoms. The van der Waals surface area contributed by atoms with E-state index in [-0.39, 0.29) is 5.82 Å². The summed E-state index contributed by atoms with van der Waals surface area (Å²) in [6, 6.07) is 6.14. The highest BCUT2D eigenvalue weighted by atomic mass is 35.5. The van der Waals surface area contributed by atoms with E-state index in [0.717, 1.165) is 6.08 Å². The van der Waals surface area contributed by atoms with Gasteiger partial charge in [0.05, 0.1) is 0 Å². The van der Waals surface area contributed by atoms with Gasteiger partial charge < -0.3 is 0 Å². The summed E-state index contributed by atoms with van der Waals surface area (Å²) in [4.78, 5) is 10.3. The predicted molar refractivity (Wildman–Crippen MR) is 46.3 cm³/mol. The quantitative estimate of drug-likeness (QED) is 0.510. The molecule has 0 saturated heterocycles. The lowest BCUT2D eigenvalue weighted by molar-refractivity contribution is -0.107. The maximum atomic E-state index is 12.8. The van der Waals surface area contributed by atoms with Crippen molar-refractivity contribution in [2.24, 2.45) is 0 Å². The Kier molecular flexibility index (Phi) is 3.00. The Labute approximate surface area is 74.5 Å². The van der Waals surface area contributed by atoms with E-state index in [0.29, 0.717) is 5.56 Å². The van der Waals surface area contributed by atoms with Crippen LogP contribution in [-0.2, 0) is 4.79 Å². The minimum Gasteiger partial charge on any atom is -0.276 e. The zero-order valence-corrected chi connectivity index (χ0v) is 6.88. The van der Waals surface area contributed by atoms with E-state index in [1.165, 1.54) is 12.1 Å². The molecule has 0 unspecified atom stereocenters. The van der Waals surface area contributed by atoms with Crippen LogP contribution >= 0.6 is 11.6 Å². The second-order valence-electron chi connectivity index (χ2n) is 2.16. The third-order valence-electron chi connectivity index (χ3n) is 1.30. The highest BCUT2D eigenvalue weighted by Gasteiger charge is 1.95. The number of allylic oxidation sites excluding steroid dienone is 1. The first kappa shape index (κ1) is 8.94. The van der Waals surface area contributed by atoms with Gasteiger partial charge >= 0.3 is 0 Å². The molecule has 0 bridgehead atoms. The van der Waals surface area contributed by atoms with Gasteiger partial charge in [-0.1, -0.05) is 18.2 Å². The number of halogens is 2. The van der Waals surface area contributed by atoms with Crippen molar-refractivity contribution < 1.29 is 9.18 Å². The SMILES string of the molecule is O=C(Cl)C=Cc1ccccc1F. The molecule has 0 aliphatic heterocycles. The number of carbonyl (C=O) groups is 1. The highest BCUT2D eigenvalue weighted by molar-refractivity contribution is 6.66. The molecule has 1 rings (SSSR count). The Morgan fingerprint density at radius 1 is 1.42 bits per heavy atom. The molecule has 0 aromatic heterocycles. The van der Waals surface area contributed by atoms with Gasteiger partial charge in [-0.2, -0.15) is 0 Å². The fourth-order valence-corrected chi connectivity index (χ4v) is 0.829. The van der Waals surface area contributed by atoms with Crippen molar-refractivity contribution >= 4 is 22.9 Å². The molecule has 0 aliphatic rings. The largest absolute Gasteiger partial charge is 0.276 e. The Hall–Kier alpha value is -1.15. The van der Waals surface area contributed by atoms with E-state index in [9.17, 15) is 9.18 Å².